The van der Waals surface area contributed by atoms with Gasteiger partial charge in [0.1, 0.15) is 5.69 Å². The Kier molecular flexibility index (Phi) is 4.71. The van der Waals surface area contributed by atoms with Gasteiger partial charge in [-0.1, -0.05) is 23.4 Å². The van der Waals surface area contributed by atoms with Crippen LogP contribution in [0.2, 0.25) is 0 Å². The van der Waals surface area contributed by atoms with E-state index in [4.69, 9.17) is 4.52 Å². The number of nitrogens with zero attached hydrogens (tertiary/aromatic N) is 6. The molecule has 0 radical (unpaired) electrons. The van der Waals surface area contributed by atoms with Gasteiger partial charge in [0.2, 0.25) is 11.5 Å². The SMILES string of the molecule is CN1CC[C@@](O)(c2cc(-c3cccc(-c4ccnc(Nc5ccn(C)n5)n4)c3)no2)C1=O. The average Bonchev–Trinajstić information content (AvgIpc) is 3.52. The molecule has 0 bridgehead atoms. The monoisotopic (exact) mass is 431 g/mol. The van der Waals surface area contributed by atoms with E-state index in [0.29, 0.717) is 24.0 Å². The fourth-order valence-electron chi connectivity index (χ4n) is 3.70. The lowest BCUT2D eigenvalue weighted by molar-refractivity contribution is -0.144. The highest BCUT2D eigenvalue weighted by Gasteiger charge is 2.48. The molecule has 1 atom stereocenters. The maximum Gasteiger partial charge on any atom is 0.262 e. The predicted molar refractivity (Wildman–Crippen MR) is 116 cm³/mol. The van der Waals surface area contributed by atoms with Crippen molar-refractivity contribution >= 4 is 17.7 Å². The van der Waals surface area contributed by atoms with E-state index < -0.39 is 5.60 Å². The summed E-state index contributed by atoms with van der Waals surface area (Å²) in [4.78, 5) is 22.6. The molecular formula is C22H21N7O3. The third kappa shape index (κ3) is 3.50. The second-order valence-corrected chi connectivity index (χ2v) is 7.76. The van der Waals surface area contributed by atoms with Crippen LogP contribution in [-0.2, 0) is 17.4 Å². The molecule has 1 amide bonds. The summed E-state index contributed by atoms with van der Waals surface area (Å²) in [5.41, 5.74) is 1.21. The van der Waals surface area contributed by atoms with Crippen LogP contribution in [0, 0.1) is 0 Å². The van der Waals surface area contributed by atoms with Crippen LogP contribution in [-0.4, -0.2) is 54.4 Å². The molecule has 3 aromatic heterocycles. The first-order chi connectivity index (χ1) is 15.4. The van der Waals surface area contributed by atoms with Gasteiger partial charge in [0.05, 0.1) is 5.69 Å². The Hall–Kier alpha value is -4.05. The first-order valence-electron chi connectivity index (χ1n) is 10.1. The molecule has 4 heterocycles. The molecule has 2 N–H and O–H groups in total. The molecule has 0 saturated carbocycles. The Balaban J connectivity index is 1.42. The van der Waals surface area contributed by atoms with Crippen LogP contribution in [0.4, 0.5) is 11.8 Å². The third-order valence-corrected chi connectivity index (χ3v) is 5.49. The number of aliphatic hydroxyl groups is 1. The van der Waals surface area contributed by atoms with Crippen molar-refractivity contribution in [2.24, 2.45) is 7.05 Å². The van der Waals surface area contributed by atoms with Crippen molar-refractivity contribution in [2.75, 3.05) is 18.9 Å². The van der Waals surface area contributed by atoms with Crippen LogP contribution < -0.4 is 5.32 Å². The van der Waals surface area contributed by atoms with Crippen molar-refractivity contribution in [3.8, 4) is 22.5 Å². The summed E-state index contributed by atoms with van der Waals surface area (Å²) in [6, 6.07) is 12.9. The van der Waals surface area contributed by atoms with Crippen LogP contribution in [0.3, 0.4) is 0 Å². The van der Waals surface area contributed by atoms with Gasteiger partial charge in [-0.25, -0.2) is 9.97 Å². The van der Waals surface area contributed by atoms with Gasteiger partial charge in [0.25, 0.3) is 5.91 Å². The van der Waals surface area contributed by atoms with Gasteiger partial charge in [0.15, 0.2) is 11.6 Å². The number of aromatic nitrogens is 5. The number of amides is 1. The number of carbonyl (C=O) groups is 1. The first kappa shape index (κ1) is 19.9. The number of rotatable bonds is 5. The van der Waals surface area contributed by atoms with Gasteiger partial charge in [-0.05, 0) is 12.1 Å². The van der Waals surface area contributed by atoms with Crippen LogP contribution in [0.1, 0.15) is 12.2 Å². The number of benzene rings is 1. The van der Waals surface area contributed by atoms with Crippen molar-refractivity contribution in [3.63, 3.8) is 0 Å². The number of hydrogen-bond donors (Lipinski definition) is 2. The van der Waals surface area contributed by atoms with Crippen molar-refractivity contribution in [1.29, 1.82) is 0 Å². The van der Waals surface area contributed by atoms with E-state index in [1.165, 1.54) is 4.90 Å². The Morgan fingerprint density at radius 2 is 1.94 bits per heavy atom. The molecule has 10 nitrogen and oxygen atoms in total. The van der Waals surface area contributed by atoms with Gasteiger partial charge in [-0.3, -0.25) is 9.48 Å². The minimum Gasteiger partial charge on any atom is -0.373 e. The number of aryl methyl sites for hydroxylation is 1. The van der Waals surface area contributed by atoms with Gasteiger partial charge in [-0.15, -0.1) is 0 Å². The Morgan fingerprint density at radius 3 is 2.66 bits per heavy atom. The standard InChI is InChI=1S/C22H21N7O3/c1-28-11-8-22(31,20(28)30)18-13-17(27-32-18)15-5-3-4-14(12-15)16-6-9-23-21(24-16)25-19-7-10-29(2)26-19/h3-7,9-10,12-13,31H,8,11H2,1-2H3,(H,23,24,25,26)/t22-/m1/s1. The Bertz CT molecular complexity index is 1300. The molecular weight excluding hydrogens is 410 g/mol. The molecule has 1 fully saturated rings. The van der Waals surface area contributed by atoms with Crippen LogP contribution in [0.5, 0.6) is 0 Å². The number of hydrogen-bond acceptors (Lipinski definition) is 8. The fraction of sp³-hybridized carbons (Fsp3) is 0.227. The van der Waals surface area contributed by atoms with Crippen LogP contribution in [0.15, 0.2) is 59.4 Å². The molecule has 5 rings (SSSR count). The van der Waals surface area contributed by atoms with E-state index in [9.17, 15) is 9.90 Å². The lowest BCUT2D eigenvalue weighted by Gasteiger charge is -2.16. The van der Waals surface area contributed by atoms with Gasteiger partial charge < -0.3 is 19.8 Å². The molecule has 1 aromatic carbocycles. The summed E-state index contributed by atoms with van der Waals surface area (Å²) in [6.45, 7) is 0.462. The maximum absolute atomic E-state index is 12.3. The molecule has 1 aliphatic rings. The van der Waals surface area contributed by atoms with E-state index >= 15 is 0 Å². The van der Waals surface area contributed by atoms with Gasteiger partial charge in [-0.2, -0.15) is 5.10 Å². The van der Waals surface area contributed by atoms with Crippen molar-refractivity contribution < 1.29 is 14.4 Å². The quantitative estimate of drug-likeness (QED) is 0.494. The summed E-state index contributed by atoms with van der Waals surface area (Å²) in [7, 11) is 3.49. The van der Waals surface area contributed by atoms with Crippen molar-refractivity contribution in [1.82, 2.24) is 29.8 Å². The zero-order valence-corrected chi connectivity index (χ0v) is 17.6. The van der Waals surface area contributed by atoms with Crippen LogP contribution in [0.25, 0.3) is 22.5 Å². The second-order valence-electron chi connectivity index (χ2n) is 7.76. The summed E-state index contributed by atoms with van der Waals surface area (Å²) in [6.07, 6.45) is 3.77. The second kappa shape index (κ2) is 7.57. The van der Waals surface area contributed by atoms with E-state index in [-0.39, 0.29) is 18.1 Å². The average molecular weight is 431 g/mol. The lowest BCUT2D eigenvalue weighted by Crippen LogP contribution is -2.35. The highest BCUT2D eigenvalue weighted by Crippen LogP contribution is 2.35. The zero-order valence-electron chi connectivity index (χ0n) is 17.6. The summed E-state index contributed by atoms with van der Waals surface area (Å²) < 4.78 is 7.06. The lowest BCUT2D eigenvalue weighted by atomic mass is 9.98. The molecule has 0 aliphatic carbocycles. The molecule has 32 heavy (non-hydrogen) atoms. The summed E-state index contributed by atoms with van der Waals surface area (Å²) in [5.74, 6) is 0.846. The smallest absolute Gasteiger partial charge is 0.262 e. The van der Waals surface area contributed by atoms with E-state index in [1.807, 2.05) is 49.6 Å². The molecule has 0 spiro atoms. The highest BCUT2D eigenvalue weighted by atomic mass is 16.5. The predicted octanol–water partition coefficient (Wildman–Crippen LogP) is 2.33. The summed E-state index contributed by atoms with van der Waals surface area (Å²) >= 11 is 0. The zero-order chi connectivity index (χ0) is 22.3. The van der Waals surface area contributed by atoms with E-state index in [1.54, 1.807) is 24.0 Å². The summed E-state index contributed by atoms with van der Waals surface area (Å²) in [5, 5.41) is 22.2. The van der Waals surface area contributed by atoms with E-state index in [2.05, 4.69) is 25.5 Å². The largest absolute Gasteiger partial charge is 0.373 e. The number of likely N-dealkylation sites (tertiary alicyclic amines) is 1. The topological polar surface area (TPSA) is 122 Å². The molecule has 0 unspecified atom stereocenters. The molecule has 10 heteroatoms. The highest BCUT2D eigenvalue weighted by molar-refractivity contribution is 5.87. The van der Waals surface area contributed by atoms with Crippen LogP contribution >= 0.6 is 0 Å². The molecule has 1 saturated heterocycles. The molecule has 1 aliphatic heterocycles. The minimum absolute atomic E-state index is 0.149. The first-order valence-corrected chi connectivity index (χ1v) is 10.1. The van der Waals surface area contributed by atoms with Crippen molar-refractivity contribution in [3.05, 3.63) is 60.6 Å². The van der Waals surface area contributed by atoms with Crippen molar-refractivity contribution in [2.45, 2.75) is 12.0 Å². The maximum atomic E-state index is 12.3. The number of nitrogens with one attached hydrogen (secondary N) is 1. The number of likely N-dealkylation sites (N-methyl/N-ethyl adjacent to an activating group) is 1. The molecule has 4 aromatic rings. The fourth-order valence-corrected chi connectivity index (χ4v) is 3.70. The van der Waals surface area contributed by atoms with E-state index in [0.717, 1.165) is 16.8 Å². The minimum atomic E-state index is -1.67. The Labute approximate surface area is 183 Å². The normalized spacial score (nSPS) is 18.3. The van der Waals surface area contributed by atoms with Gasteiger partial charge in [0, 0.05) is 62.7 Å². The Morgan fingerprint density at radius 1 is 1.12 bits per heavy atom. The number of carbonyl (C=O) groups excluding carboxylic acids is 1. The van der Waals surface area contributed by atoms with Gasteiger partial charge >= 0.3 is 0 Å². The third-order valence-electron chi connectivity index (χ3n) is 5.49. The number of anilines is 2. The molecule has 162 valence electrons.